The maximum Gasteiger partial charge on any atom is 0.119 e. The summed E-state index contributed by atoms with van der Waals surface area (Å²) in [5.41, 5.74) is 12.2. The second-order valence-corrected chi connectivity index (χ2v) is 16.2. The Hall–Kier alpha value is -4.86. The van der Waals surface area contributed by atoms with Gasteiger partial charge in [-0.3, -0.25) is 0 Å². The standard InChI is InChI=1S/C45H41O2Si/c1-28-22-40-36(42-26-32(46-3)24-30-14-6-8-16-34(30)42)18-10-12-20-38(40)44(28)48(5)45-29(2)23-41-37(19-11-13-21-39(41)45)43-27-33(47-4)25-31-15-7-9-17-35(31)43/h6-27,36-37,44-45H,1-5H3. The highest BCUT2D eigenvalue weighted by Crippen LogP contribution is 2.54. The van der Waals surface area contributed by atoms with Gasteiger partial charge in [-0.2, -0.15) is 0 Å². The number of rotatable bonds is 6. The van der Waals surface area contributed by atoms with E-state index in [1.54, 1.807) is 14.2 Å². The van der Waals surface area contributed by atoms with Gasteiger partial charge in [-0.05, 0) is 104 Å². The molecule has 4 aromatic rings. The molecule has 237 valence electrons. The molecule has 4 aromatic carbocycles. The molecule has 0 saturated heterocycles. The monoisotopic (exact) mass is 641 g/mol. The largest absolute Gasteiger partial charge is 0.497 e. The molecule has 0 N–H and O–H groups in total. The maximum atomic E-state index is 5.80. The van der Waals surface area contributed by atoms with Gasteiger partial charge in [-0.15, -0.1) is 0 Å². The van der Waals surface area contributed by atoms with Crippen LogP contribution >= 0.6 is 0 Å². The molecule has 0 aromatic heterocycles. The summed E-state index contributed by atoms with van der Waals surface area (Å²) >= 11 is 0. The molecule has 4 unspecified atom stereocenters. The minimum Gasteiger partial charge on any atom is -0.497 e. The van der Waals surface area contributed by atoms with Crippen LogP contribution in [0.15, 0.2) is 167 Å². The first-order chi connectivity index (χ1) is 23.5. The van der Waals surface area contributed by atoms with Crippen LogP contribution in [0.2, 0.25) is 17.6 Å². The Morgan fingerprint density at radius 1 is 0.542 bits per heavy atom. The van der Waals surface area contributed by atoms with Crippen molar-refractivity contribution in [1.82, 2.24) is 0 Å². The van der Waals surface area contributed by atoms with Crippen LogP contribution in [0.1, 0.15) is 36.8 Å². The lowest BCUT2D eigenvalue weighted by Crippen LogP contribution is -2.25. The Morgan fingerprint density at radius 3 is 1.42 bits per heavy atom. The van der Waals surface area contributed by atoms with E-state index in [1.807, 2.05) is 0 Å². The summed E-state index contributed by atoms with van der Waals surface area (Å²) in [6.45, 7) is 7.31. The van der Waals surface area contributed by atoms with Crippen LogP contribution < -0.4 is 9.47 Å². The van der Waals surface area contributed by atoms with Crippen molar-refractivity contribution < 1.29 is 9.47 Å². The summed E-state index contributed by atoms with van der Waals surface area (Å²) in [5.74, 6) is 2.13. The van der Waals surface area contributed by atoms with Gasteiger partial charge >= 0.3 is 0 Å². The summed E-state index contributed by atoms with van der Waals surface area (Å²) in [7, 11) is 2.55. The molecule has 0 bridgehead atoms. The lowest BCUT2D eigenvalue weighted by Gasteiger charge is -2.30. The van der Waals surface area contributed by atoms with Gasteiger partial charge in [0.2, 0.25) is 0 Å². The molecule has 1 radical (unpaired) electrons. The Balaban J connectivity index is 1.21. The Kier molecular flexibility index (Phi) is 7.81. The van der Waals surface area contributed by atoms with E-state index in [9.17, 15) is 0 Å². The van der Waals surface area contributed by atoms with E-state index < -0.39 is 8.80 Å². The molecule has 8 rings (SSSR count). The predicted octanol–water partition coefficient (Wildman–Crippen LogP) is 11.5. The number of hydrogen-bond acceptors (Lipinski definition) is 2. The van der Waals surface area contributed by atoms with Crippen LogP contribution in [-0.4, -0.2) is 23.0 Å². The average molecular weight is 642 g/mol. The molecule has 0 aliphatic heterocycles. The molecule has 4 aliphatic rings. The number of allylic oxidation sites excluding steroid dienone is 16. The van der Waals surface area contributed by atoms with Crippen LogP contribution in [0, 0.1) is 0 Å². The van der Waals surface area contributed by atoms with Crippen molar-refractivity contribution >= 4 is 30.3 Å². The van der Waals surface area contributed by atoms with Crippen molar-refractivity contribution in [3.63, 3.8) is 0 Å². The van der Waals surface area contributed by atoms with Crippen LogP contribution in [0.5, 0.6) is 11.5 Å². The number of methoxy groups -OCH3 is 2. The third-order valence-corrected chi connectivity index (χ3v) is 14.2. The molecule has 2 nitrogen and oxygen atoms in total. The maximum absolute atomic E-state index is 5.80. The van der Waals surface area contributed by atoms with Crippen molar-refractivity contribution in [2.75, 3.05) is 14.2 Å². The van der Waals surface area contributed by atoms with E-state index in [1.165, 1.54) is 66.1 Å². The van der Waals surface area contributed by atoms with E-state index in [0.29, 0.717) is 11.1 Å². The number of hydrogen-bond donors (Lipinski definition) is 0. The topological polar surface area (TPSA) is 18.5 Å². The van der Waals surface area contributed by atoms with Crippen molar-refractivity contribution in [3.8, 4) is 11.5 Å². The molecule has 0 spiro atoms. The fourth-order valence-electron chi connectivity index (χ4n) is 8.74. The van der Waals surface area contributed by atoms with E-state index in [4.69, 9.17) is 9.47 Å². The third kappa shape index (κ3) is 5.00. The van der Waals surface area contributed by atoms with Crippen LogP contribution in [0.25, 0.3) is 21.5 Å². The van der Waals surface area contributed by atoms with Crippen molar-refractivity contribution in [2.45, 2.75) is 43.3 Å². The molecule has 0 amide bonds. The van der Waals surface area contributed by atoms with Gasteiger partial charge < -0.3 is 9.47 Å². The molecule has 48 heavy (non-hydrogen) atoms. The number of ether oxygens (including phenoxy) is 2. The quantitative estimate of drug-likeness (QED) is 0.195. The molecular formula is C45H41O2Si. The van der Waals surface area contributed by atoms with E-state index in [0.717, 1.165) is 11.5 Å². The Labute approximate surface area is 286 Å². The van der Waals surface area contributed by atoms with Gasteiger partial charge in [0.15, 0.2) is 0 Å². The number of fused-ring (bicyclic) bond motifs is 2. The van der Waals surface area contributed by atoms with E-state index in [2.05, 4.69) is 154 Å². The smallest absolute Gasteiger partial charge is 0.119 e. The van der Waals surface area contributed by atoms with Crippen molar-refractivity contribution in [3.05, 3.63) is 178 Å². The van der Waals surface area contributed by atoms with Crippen LogP contribution in [0.3, 0.4) is 0 Å². The number of benzene rings is 4. The molecule has 0 saturated carbocycles. The van der Waals surface area contributed by atoms with Gasteiger partial charge in [0.25, 0.3) is 0 Å². The van der Waals surface area contributed by atoms with Crippen molar-refractivity contribution in [2.24, 2.45) is 0 Å². The summed E-state index contributed by atoms with van der Waals surface area (Å²) in [5, 5.41) is 5.01. The van der Waals surface area contributed by atoms with Crippen LogP contribution in [0.4, 0.5) is 0 Å². The molecule has 0 fully saturated rings. The van der Waals surface area contributed by atoms with Gasteiger partial charge in [0.1, 0.15) is 11.5 Å². The Bertz CT molecular complexity index is 2060. The SMILES string of the molecule is COc1cc(C2C=CC=CC3=C2C=C(C)C3[Si](C)C2C(C)=CC3=C2C=CC=CC3c2cc(OC)cc3ccccc23)c2ccccc2c1. The minimum atomic E-state index is -0.990. The zero-order valence-electron chi connectivity index (χ0n) is 28.3. The van der Waals surface area contributed by atoms with Crippen molar-refractivity contribution in [1.29, 1.82) is 0 Å². The first kappa shape index (κ1) is 30.5. The molecule has 4 atom stereocenters. The molecule has 0 heterocycles. The van der Waals surface area contributed by atoms with Gasteiger partial charge in [-0.1, -0.05) is 127 Å². The summed E-state index contributed by atoms with van der Waals surface area (Å²) in [6.07, 6.45) is 23.6. The first-order valence-electron chi connectivity index (χ1n) is 17.0. The zero-order valence-corrected chi connectivity index (χ0v) is 29.3. The lowest BCUT2D eigenvalue weighted by molar-refractivity contribution is 0.415. The zero-order chi connectivity index (χ0) is 32.9. The third-order valence-electron chi connectivity index (χ3n) is 10.8. The summed E-state index contributed by atoms with van der Waals surface area (Å²) in [4.78, 5) is 0. The summed E-state index contributed by atoms with van der Waals surface area (Å²) in [6, 6.07) is 26.2. The van der Waals surface area contributed by atoms with Gasteiger partial charge in [0.05, 0.1) is 23.0 Å². The summed E-state index contributed by atoms with van der Waals surface area (Å²) < 4.78 is 11.6. The lowest BCUT2D eigenvalue weighted by atomic mass is 9.86. The Morgan fingerprint density at radius 2 is 0.979 bits per heavy atom. The fourth-order valence-corrected chi connectivity index (χ4v) is 12.2. The normalized spacial score (nSPS) is 23.0. The highest BCUT2D eigenvalue weighted by atomic mass is 28.3. The average Bonchev–Trinajstić information content (AvgIpc) is 3.42. The fraction of sp³-hybridized carbons (Fsp3) is 0.200. The highest BCUT2D eigenvalue weighted by molar-refractivity contribution is 6.64. The predicted molar refractivity (Wildman–Crippen MR) is 204 cm³/mol. The second-order valence-electron chi connectivity index (χ2n) is 13.5. The van der Waals surface area contributed by atoms with Gasteiger partial charge in [-0.25, -0.2) is 0 Å². The minimum absolute atomic E-state index is 0.160. The van der Waals surface area contributed by atoms with E-state index >= 15 is 0 Å². The van der Waals surface area contributed by atoms with Crippen LogP contribution in [-0.2, 0) is 0 Å². The molecule has 4 aliphatic carbocycles. The first-order valence-corrected chi connectivity index (χ1v) is 19.1. The molecular weight excluding hydrogens is 601 g/mol. The highest BCUT2D eigenvalue weighted by Gasteiger charge is 2.41. The van der Waals surface area contributed by atoms with E-state index in [-0.39, 0.29) is 11.8 Å². The molecule has 3 heteroatoms. The van der Waals surface area contributed by atoms with Gasteiger partial charge in [0, 0.05) is 11.8 Å². The second kappa shape index (κ2) is 12.3.